The topological polar surface area (TPSA) is 75.2 Å². The SMILES string of the molecule is CNc1ncc(S(=O)(=O)N(C)Cc2ccccc2)cn1. The molecule has 20 heavy (non-hydrogen) atoms. The summed E-state index contributed by atoms with van der Waals surface area (Å²) in [6.07, 6.45) is 2.60. The zero-order valence-electron chi connectivity index (χ0n) is 11.3. The molecular weight excluding hydrogens is 276 g/mol. The van der Waals surface area contributed by atoms with E-state index in [0.29, 0.717) is 12.5 Å². The van der Waals surface area contributed by atoms with Gasteiger partial charge in [-0.15, -0.1) is 0 Å². The average Bonchev–Trinajstić information content (AvgIpc) is 2.48. The van der Waals surface area contributed by atoms with Gasteiger partial charge in [0.15, 0.2) is 0 Å². The van der Waals surface area contributed by atoms with E-state index in [-0.39, 0.29) is 4.90 Å². The molecule has 0 unspecified atom stereocenters. The van der Waals surface area contributed by atoms with Crippen molar-refractivity contribution in [2.45, 2.75) is 11.4 Å². The van der Waals surface area contributed by atoms with Crippen LogP contribution in [0, 0.1) is 0 Å². The van der Waals surface area contributed by atoms with Crippen LogP contribution < -0.4 is 5.32 Å². The highest BCUT2D eigenvalue weighted by molar-refractivity contribution is 7.89. The molecule has 0 radical (unpaired) electrons. The van der Waals surface area contributed by atoms with E-state index in [0.717, 1.165) is 5.56 Å². The monoisotopic (exact) mass is 292 g/mol. The van der Waals surface area contributed by atoms with Crippen molar-refractivity contribution in [3.63, 3.8) is 0 Å². The van der Waals surface area contributed by atoms with Crippen LogP contribution in [0.2, 0.25) is 0 Å². The Morgan fingerprint density at radius 2 is 1.75 bits per heavy atom. The Hall–Kier alpha value is -1.99. The van der Waals surface area contributed by atoms with E-state index >= 15 is 0 Å². The van der Waals surface area contributed by atoms with Gasteiger partial charge in [0, 0.05) is 20.6 Å². The quantitative estimate of drug-likeness (QED) is 0.900. The van der Waals surface area contributed by atoms with Gasteiger partial charge >= 0.3 is 0 Å². The third-order valence-electron chi connectivity index (χ3n) is 2.81. The van der Waals surface area contributed by atoms with E-state index in [4.69, 9.17) is 0 Å². The number of nitrogens with one attached hydrogen (secondary N) is 1. The van der Waals surface area contributed by atoms with Crippen LogP contribution in [-0.4, -0.2) is 36.8 Å². The number of aromatic nitrogens is 2. The predicted molar refractivity (Wildman–Crippen MR) is 76.7 cm³/mol. The molecule has 2 rings (SSSR count). The Labute approximate surface area is 118 Å². The maximum atomic E-state index is 12.4. The molecule has 6 nitrogen and oxygen atoms in total. The maximum absolute atomic E-state index is 12.4. The molecule has 0 aliphatic rings. The van der Waals surface area contributed by atoms with Gasteiger partial charge in [-0.25, -0.2) is 18.4 Å². The van der Waals surface area contributed by atoms with E-state index in [1.165, 1.54) is 23.7 Å². The van der Waals surface area contributed by atoms with Crippen molar-refractivity contribution in [1.82, 2.24) is 14.3 Å². The Morgan fingerprint density at radius 3 is 2.30 bits per heavy atom. The highest BCUT2D eigenvalue weighted by atomic mass is 32.2. The Kier molecular flexibility index (Phi) is 4.31. The Balaban J connectivity index is 2.20. The molecule has 7 heteroatoms. The molecule has 0 spiro atoms. The van der Waals surface area contributed by atoms with Gasteiger partial charge in [-0.1, -0.05) is 30.3 Å². The lowest BCUT2D eigenvalue weighted by molar-refractivity contribution is 0.466. The molecule has 1 aromatic heterocycles. The van der Waals surface area contributed by atoms with Crippen LogP contribution in [0.4, 0.5) is 5.95 Å². The minimum absolute atomic E-state index is 0.0786. The summed E-state index contributed by atoms with van der Waals surface area (Å²) in [5.74, 6) is 0.384. The fourth-order valence-corrected chi connectivity index (χ4v) is 2.73. The number of sulfonamides is 1. The summed E-state index contributed by atoms with van der Waals surface area (Å²) in [5, 5.41) is 2.74. The van der Waals surface area contributed by atoms with E-state index in [2.05, 4.69) is 15.3 Å². The summed E-state index contributed by atoms with van der Waals surface area (Å²) < 4.78 is 26.0. The molecule has 106 valence electrons. The van der Waals surface area contributed by atoms with Gasteiger partial charge in [0.25, 0.3) is 0 Å². The predicted octanol–water partition coefficient (Wildman–Crippen LogP) is 1.34. The van der Waals surface area contributed by atoms with Crippen LogP contribution in [0.3, 0.4) is 0 Å². The van der Waals surface area contributed by atoms with Crippen molar-refractivity contribution in [2.24, 2.45) is 0 Å². The van der Waals surface area contributed by atoms with Crippen molar-refractivity contribution in [3.8, 4) is 0 Å². The zero-order valence-corrected chi connectivity index (χ0v) is 12.1. The first kappa shape index (κ1) is 14.4. The van der Waals surface area contributed by atoms with E-state index < -0.39 is 10.0 Å². The summed E-state index contributed by atoms with van der Waals surface area (Å²) in [5.41, 5.74) is 0.923. The standard InChI is InChI=1S/C13H16N4O2S/c1-14-13-15-8-12(9-16-13)20(18,19)17(2)10-11-6-4-3-5-7-11/h3-9H,10H2,1-2H3,(H,14,15,16). The summed E-state index contributed by atoms with van der Waals surface area (Å²) in [7, 11) is -0.374. The third kappa shape index (κ3) is 3.12. The molecule has 1 heterocycles. The smallest absolute Gasteiger partial charge is 0.246 e. The third-order valence-corrected chi connectivity index (χ3v) is 4.56. The number of hydrogen-bond acceptors (Lipinski definition) is 5. The summed E-state index contributed by atoms with van der Waals surface area (Å²) in [6, 6.07) is 9.41. The number of benzene rings is 1. The molecule has 0 aliphatic heterocycles. The number of rotatable bonds is 5. The molecule has 0 fully saturated rings. The van der Waals surface area contributed by atoms with Gasteiger partial charge in [-0.05, 0) is 5.56 Å². The maximum Gasteiger partial charge on any atom is 0.246 e. The van der Waals surface area contributed by atoms with E-state index in [1.807, 2.05) is 30.3 Å². The highest BCUT2D eigenvalue weighted by Gasteiger charge is 2.21. The van der Waals surface area contributed by atoms with Crippen LogP contribution >= 0.6 is 0 Å². The highest BCUT2D eigenvalue weighted by Crippen LogP contribution is 2.15. The molecule has 1 N–H and O–H groups in total. The van der Waals surface area contributed by atoms with E-state index in [1.54, 1.807) is 7.05 Å². The average molecular weight is 292 g/mol. The van der Waals surface area contributed by atoms with Crippen molar-refractivity contribution < 1.29 is 8.42 Å². The van der Waals surface area contributed by atoms with Crippen molar-refractivity contribution in [2.75, 3.05) is 19.4 Å². The van der Waals surface area contributed by atoms with Gasteiger partial charge in [0.1, 0.15) is 4.90 Å². The normalized spacial score (nSPS) is 11.6. The molecular formula is C13H16N4O2S. The van der Waals surface area contributed by atoms with Crippen LogP contribution in [-0.2, 0) is 16.6 Å². The van der Waals surface area contributed by atoms with E-state index in [9.17, 15) is 8.42 Å². The van der Waals surface area contributed by atoms with Crippen LogP contribution in [0.5, 0.6) is 0 Å². The Morgan fingerprint density at radius 1 is 1.15 bits per heavy atom. The van der Waals surface area contributed by atoms with Crippen molar-refractivity contribution in [3.05, 3.63) is 48.3 Å². The lowest BCUT2D eigenvalue weighted by atomic mass is 10.2. The van der Waals surface area contributed by atoms with Crippen LogP contribution in [0.25, 0.3) is 0 Å². The molecule has 0 saturated heterocycles. The van der Waals surface area contributed by atoms with Crippen molar-refractivity contribution in [1.29, 1.82) is 0 Å². The minimum Gasteiger partial charge on any atom is -0.357 e. The van der Waals surface area contributed by atoms with Crippen LogP contribution in [0.15, 0.2) is 47.6 Å². The second kappa shape index (κ2) is 5.98. The number of anilines is 1. The van der Waals surface area contributed by atoms with Gasteiger partial charge in [-0.3, -0.25) is 0 Å². The van der Waals surface area contributed by atoms with Gasteiger partial charge in [0.05, 0.1) is 12.4 Å². The fourth-order valence-electron chi connectivity index (χ4n) is 1.68. The largest absolute Gasteiger partial charge is 0.357 e. The van der Waals surface area contributed by atoms with Gasteiger partial charge in [0.2, 0.25) is 16.0 Å². The molecule has 0 bridgehead atoms. The second-order valence-electron chi connectivity index (χ2n) is 4.24. The lowest BCUT2D eigenvalue weighted by Crippen LogP contribution is -2.26. The fraction of sp³-hybridized carbons (Fsp3) is 0.231. The molecule has 0 amide bonds. The molecule has 0 aliphatic carbocycles. The molecule has 1 aromatic carbocycles. The first-order chi connectivity index (χ1) is 9.54. The second-order valence-corrected chi connectivity index (χ2v) is 6.28. The summed E-state index contributed by atoms with van der Waals surface area (Å²) in [6.45, 7) is 0.303. The zero-order chi connectivity index (χ0) is 14.6. The minimum atomic E-state index is -3.58. The first-order valence-electron chi connectivity index (χ1n) is 6.04. The van der Waals surface area contributed by atoms with Gasteiger partial charge in [-0.2, -0.15) is 4.31 Å². The molecule has 2 aromatic rings. The lowest BCUT2D eigenvalue weighted by Gasteiger charge is -2.16. The number of nitrogens with zero attached hydrogens (tertiary/aromatic N) is 3. The first-order valence-corrected chi connectivity index (χ1v) is 7.48. The number of hydrogen-bond donors (Lipinski definition) is 1. The molecule has 0 saturated carbocycles. The van der Waals surface area contributed by atoms with Crippen molar-refractivity contribution >= 4 is 16.0 Å². The summed E-state index contributed by atoms with van der Waals surface area (Å²) >= 11 is 0. The molecule has 0 atom stereocenters. The van der Waals surface area contributed by atoms with Crippen LogP contribution in [0.1, 0.15) is 5.56 Å². The summed E-state index contributed by atoms with van der Waals surface area (Å²) in [4.78, 5) is 7.93. The Bertz CT molecular complexity index is 657. The van der Waals surface area contributed by atoms with Gasteiger partial charge < -0.3 is 5.32 Å².